The molecule has 5 atom stereocenters. The predicted molar refractivity (Wildman–Crippen MR) is 143 cm³/mol. The molecule has 0 aromatic heterocycles. The second kappa shape index (κ2) is 8.90. The fourth-order valence-electron chi connectivity index (χ4n) is 5.78. The van der Waals surface area contributed by atoms with E-state index in [9.17, 15) is 4.21 Å². The first-order valence-electron chi connectivity index (χ1n) is 12.2. The first-order chi connectivity index (χ1) is 15.4. The van der Waals surface area contributed by atoms with Crippen molar-refractivity contribution in [3.8, 4) is 0 Å². The fraction of sp³-hybridized carbons (Fsp3) is 0.536. The smallest absolute Gasteiger partial charge is 0.261 e. The van der Waals surface area contributed by atoms with Crippen molar-refractivity contribution < 1.29 is 8.63 Å². The van der Waals surface area contributed by atoms with E-state index in [2.05, 4.69) is 92.8 Å². The molecule has 4 rings (SSSR count). The highest BCUT2D eigenvalue weighted by molar-refractivity contribution is 7.85. The molecule has 3 unspecified atom stereocenters. The van der Waals surface area contributed by atoms with E-state index in [1.165, 1.54) is 10.4 Å². The van der Waals surface area contributed by atoms with Crippen LogP contribution in [-0.2, 0) is 15.4 Å². The van der Waals surface area contributed by atoms with Crippen LogP contribution in [0.4, 0.5) is 0 Å². The Kier molecular flexibility index (Phi) is 6.62. The molecule has 2 saturated carbocycles. The lowest BCUT2D eigenvalue weighted by Gasteiger charge is -2.45. The fourth-order valence-corrected chi connectivity index (χ4v) is 11.1. The van der Waals surface area contributed by atoms with Gasteiger partial charge in [-0.25, -0.2) is 4.21 Å². The van der Waals surface area contributed by atoms with Crippen molar-refractivity contribution in [2.45, 2.75) is 77.2 Å². The quantitative estimate of drug-likeness (QED) is 0.403. The van der Waals surface area contributed by atoms with E-state index in [1.807, 2.05) is 20.8 Å². The molecule has 178 valence electrons. The predicted octanol–water partition coefficient (Wildman–Crippen LogP) is 5.51. The van der Waals surface area contributed by atoms with E-state index in [0.29, 0.717) is 17.8 Å². The second-order valence-electron chi connectivity index (χ2n) is 11.8. The third-order valence-corrected chi connectivity index (χ3v) is 14.0. The van der Waals surface area contributed by atoms with Gasteiger partial charge in [0.2, 0.25) is 0 Å². The van der Waals surface area contributed by atoms with Crippen LogP contribution in [0.5, 0.6) is 0 Å². The summed E-state index contributed by atoms with van der Waals surface area (Å²) in [6, 6.07) is 21.8. The summed E-state index contributed by atoms with van der Waals surface area (Å²) in [5, 5.41) is 2.70. The standard InChI is InChI=1S/C28H39NO2SSi/c1-20(29-32(30)27(2,3)4)26-24-18-21(19-25(24)26)31-33(28(5,6)7,22-14-10-8-11-15-22)23-16-12-9-13-17-23/h8-17,21,24-26H,18-19H2,1-7H3/t21?,24-,25+,26?,32?. The molecule has 0 amide bonds. The molecule has 0 heterocycles. The molecule has 2 aromatic rings. The minimum Gasteiger partial charge on any atom is -0.404 e. The van der Waals surface area contributed by atoms with Gasteiger partial charge in [0, 0.05) is 17.7 Å². The molecule has 2 fully saturated rings. The SMILES string of the molecule is CC(=NS(=O)C(C)(C)C)C1[C@H]2CC(O[Si](c3ccccc3)(c3ccccc3)C(C)(C)C)C[C@@H]12. The average molecular weight is 482 g/mol. The summed E-state index contributed by atoms with van der Waals surface area (Å²) in [7, 11) is -3.68. The highest BCUT2D eigenvalue weighted by Gasteiger charge is 2.60. The molecule has 2 aromatic carbocycles. The Hall–Kier alpha value is -1.56. The zero-order chi connectivity index (χ0) is 24.0. The molecule has 0 N–H and O–H groups in total. The van der Waals surface area contributed by atoms with Gasteiger partial charge in [0.15, 0.2) is 0 Å². The van der Waals surface area contributed by atoms with Crippen molar-refractivity contribution in [2.75, 3.05) is 0 Å². The molecule has 33 heavy (non-hydrogen) atoms. The summed E-state index contributed by atoms with van der Waals surface area (Å²) in [4.78, 5) is 0. The minimum atomic E-state index is -2.50. The topological polar surface area (TPSA) is 38.7 Å². The van der Waals surface area contributed by atoms with Gasteiger partial charge in [0.1, 0.15) is 11.0 Å². The van der Waals surface area contributed by atoms with Gasteiger partial charge in [0.25, 0.3) is 8.32 Å². The van der Waals surface area contributed by atoms with Crippen LogP contribution < -0.4 is 10.4 Å². The summed E-state index contributed by atoms with van der Waals surface area (Å²) in [5.41, 5.74) is 1.07. The number of benzene rings is 2. The number of rotatable bonds is 6. The van der Waals surface area contributed by atoms with Gasteiger partial charge in [-0.3, -0.25) is 0 Å². The van der Waals surface area contributed by atoms with Gasteiger partial charge < -0.3 is 4.43 Å². The van der Waals surface area contributed by atoms with E-state index in [-0.39, 0.29) is 15.9 Å². The first kappa shape index (κ1) is 24.6. The van der Waals surface area contributed by atoms with Crippen LogP contribution in [0.15, 0.2) is 65.1 Å². The molecule has 5 heteroatoms. The van der Waals surface area contributed by atoms with Crippen molar-refractivity contribution in [1.29, 1.82) is 0 Å². The Morgan fingerprint density at radius 3 is 1.73 bits per heavy atom. The van der Waals surface area contributed by atoms with Crippen molar-refractivity contribution in [3.63, 3.8) is 0 Å². The van der Waals surface area contributed by atoms with Gasteiger partial charge in [-0.15, -0.1) is 0 Å². The van der Waals surface area contributed by atoms with Crippen molar-refractivity contribution in [1.82, 2.24) is 0 Å². The van der Waals surface area contributed by atoms with Crippen LogP contribution in [0.3, 0.4) is 0 Å². The largest absolute Gasteiger partial charge is 0.404 e. The molecule has 0 saturated heterocycles. The van der Waals surface area contributed by atoms with Gasteiger partial charge >= 0.3 is 0 Å². The Labute approximate surface area is 203 Å². The van der Waals surface area contributed by atoms with E-state index in [4.69, 9.17) is 4.43 Å². The lowest BCUT2D eigenvalue weighted by molar-refractivity contribution is 0.177. The maximum atomic E-state index is 12.5. The van der Waals surface area contributed by atoms with Crippen molar-refractivity contribution in [2.24, 2.45) is 22.2 Å². The Morgan fingerprint density at radius 2 is 1.33 bits per heavy atom. The van der Waals surface area contributed by atoms with Crippen LogP contribution in [0.25, 0.3) is 0 Å². The summed E-state index contributed by atoms with van der Waals surface area (Å²) < 4.78 is 24.1. The highest BCUT2D eigenvalue weighted by Crippen LogP contribution is 2.59. The third-order valence-electron chi connectivity index (χ3n) is 7.40. The maximum absolute atomic E-state index is 12.5. The number of fused-ring (bicyclic) bond motifs is 1. The molecule has 0 spiro atoms. The first-order valence-corrected chi connectivity index (χ1v) is 15.2. The van der Waals surface area contributed by atoms with Gasteiger partial charge in [-0.1, -0.05) is 81.4 Å². The Bertz CT molecular complexity index is 972. The van der Waals surface area contributed by atoms with E-state index < -0.39 is 19.3 Å². The zero-order valence-electron chi connectivity index (χ0n) is 21.2. The monoisotopic (exact) mass is 481 g/mol. The normalized spacial score (nSPS) is 26.7. The number of hydrogen-bond donors (Lipinski definition) is 0. The van der Waals surface area contributed by atoms with Crippen LogP contribution in [-0.4, -0.2) is 29.1 Å². The molecule has 2 aliphatic rings. The second-order valence-corrected chi connectivity index (χ2v) is 18.0. The van der Waals surface area contributed by atoms with E-state index in [0.717, 1.165) is 18.6 Å². The lowest BCUT2D eigenvalue weighted by Crippen LogP contribution is -2.67. The number of nitrogens with zero attached hydrogens (tertiary/aromatic N) is 1. The molecular formula is C28H39NO2SSi. The zero-order valence-corrected chi connectivity index (χ0v) is 23.0. The van der Waals surface area contributed by atoms with E-state index >= 15 is 0 Å². The van der Waals surface area contributed by atoms with Crippen molar-refractivity contribution in [3.05, 3.63) is 60.7 Å². The molecule has 2 aliphatic carbocycles. The van der Waals surface area contributed by atoms with Gasteiger partial charge in [-0.05, 0) is 67.8 Å². The Morgan fingerprint density at radius 1 is 0.879 bits per heavy atom. The number of hydrogen-bond acceptors (Lipinski definition) is 2. The summed E-state index contributed by atoms with van der Waals surface area (Å²) in [5.74, 6) is 1.72. The van der Waals surface area contributed by atoms with Crippen LogP contribution in [0, 0.1) is 17.8 Å². The summed E-state index contributed by atoms with van der Waals surface area (Å²) in [6.07, 6.45) is 2.42. The summed E-state index contributed by atoms with van der Waals surface area (Å²) >= 11 is 0. The third kappa shape index (κ3) is 4.69. The van der Waals surface area contributed by atoms with Gasteiger partial charge in [0.05, 0.1) is 4.75 Å². The molecular weight excluding hydrogens is 442 g/mol. The molecule has 0 aliphatic heterocycles. The minimum absolute atomic E-state index is 0.00285. The highest BCUT2D eigenvalue weighted by atomic mass is 32.2. The van der Waals surface area contributed by atoms with Crippen LogP contribution in [0.2, 0.25) is 5.04 Å². The van der Waals surface area contributed by atoms with Crippen molar-refractivity contribution >= 4 is 35.4 Å². The maximum Gasteiger partial charge on any atom is 0.261 e. The Balaban J connectivity index is 1.58. The average Bonchev–Trinajstić information content (AvgIpc) is 3.27. The van der Waals surface area contributed by atoms with E-state index in [1.54, 1.807) is 0 Å². The van der Waals surface area contributed by atoms with Gasteiger partial charge in [-0.2, -0.15) is 4.40 Å². The summed E-state index contributed by atoms with van der Waals surface area (Å²) in [6.45, 7) is 15.1. The van der Waals surface area contributed by atoms with Crippen LogP contribution in [0.1, 0.15) is 61.3 Å². The molecule has 0 radical (unpaired) electrons. The molecule has 0 bridgehead atoms. The molecule has 3 nitrogen and oxygen atoms in total. The van der Waals surface area contributed by atoms with Crippen LogP contribution >= 0.6 is 0 Å². The lowest BCUT2D eigenvalue weighted by atomic mass is 10.1.